The second-order valence-corrected chi connectivity index (χ2v) is 8.71. The highest BCUT2D eigenvalue weighted by atomic mass is 35.5. The zero-order valence-electron chi connectivity index (χ0n) is 17.0. The van der Waals surface area contributed by atoms with E-state index in [0.29, 0.717) is 29.6 Å². The molecule has 3 saturated carbocycles. The summed E-state index contributed by atoms with van der Waals surface area (Å²) in [7, 11) is 0. The first kappa shape index (κ1) is 20.7. The molecule has 3 aliphatic rings. The molecule has 3 aliphatic carbocycles. The number of aromatic nitrogens is 3. The van der Waals surface area contributed by atoms with Crippen molar-refractivity contribution < 1.29 is 18.7 Å². The van der Waals surface area contributed by atoms with Gasteiger partial charge < -0.3 is 15.4 Å². The molecule has 0 radical (unpaired) electrons. The molecule has 2 aromatic heterocycles. The van der Waals surface area contributed by atoms with Crippen LogP contribution in [0.5, 0.6) is 5.75 Å². The summed E-state index contributed by atoms with van der Waals surface area (Å²) in [5, 5.41) is 10.3. The van der Waals surface area contributed by atoms with Gasteiger partial charge in [-0.2, -0.15) is 5.10 Å². The summed E-state index contributed by atoms with van der Waals surface area (Å²) in [5.41, 5.74) is 0.921. The minimum absolute atomic E-state index is 0.00321. The van der Waals surface area contributed by atoms with Crippen LogP contribution in [0.15, 0.2) is 42.7 Å². The number of hydrogen-bond donors (Lipinski definition) is 2. The molecule has 1 unspecified atom stereocenters. The van der Waals surface area contributed by atoms with E-state index >= 15 is 0 Å². The number of hydrogen-bond acceptors (Lipinski definition) is 5. The summed E-state index contributed by atoms with van der Waals surface area (Å²) >= 11 is 5.65. The van der Waals surface area contributed by atoms with Gasteiger partial charge in [-0.15, -0.1) is 0 Å². The number of benzene rings is 1. The summed E-state index contributed by atoms with van der Waals surface area (Å²) in [5.74, 6) is -0.0971. The van der Waals surface area contributed by atoms with Crippen LogP contribution in [-0.2, 0) is 4.79 Å². The van der Waals surface area contributed by atoms with Crippen LogP contribution in [0.3, 0.4) is 0 Å². The third kappa shape index (κ3) is 4.12. The van der Waals surface area contributed by atoms with Gasteiger partial charge in [-0.1, -0.05) is 11.6 Å². The van der Waals surface area contributed by atoms with Crippen LogP contribution in [0.25, 0.3) is 5.65 Å². The van der Waals surface area contributed by atoms with Gasteiger partial charge in [-0.3, -0.25) is 9.59 Å². The largest absolute Gasteiger partial charge is 0.484 e. The number of amides is 2. The molecular weight excluding hydrogens is 437 g/mol. The molecule has 2 heterocycles. The molecule has 6 rings (SSSR count). The quantitative estimate of drug-likeness (QED) is 0.593. The van der Waals surface area contributed by atoms with Gasteiger partial charge >= 0.3 is 0 Å². The number of carbonyl (C=O) groups excluding carboxylic acids is 2. The summed E-state index contributed by atoms with van der Waals surface area (Å²) in [6.45, 7) is -0.223. The lowest BCUT2D eigenvalue weighted by molar-refractivity contribution is -0.125. The van der Waals surface area contributed by atoms with Crippen LogP contribution in [0, 0.1) is 17.7 Å². The van der Waals surface area contributed by atoms with Gasteiger partial charge in [-0.25, -0.2) is 13.9 Å². The Morgan fingerprint density at radius 1 is 1.16 bits per heavy atom. The van der Waals surface area contributed by atoms with E-state index < -0.39 is 5.82 Å². The van der Waals surface area contributed by atoms with Crippen LogP contribution < -0.4 is 15.4 Å². The molecule has 2 atom stereocenters. The Morgan fingerprint density at radius 3 is 2.69 bits per heavy atom. The fourth-order valence-corrected chi connectivity index (χ4v) is 4.64. The second kappa shape index (κ2) is 8.38. The number of rotatable bonds is 6. The number of fused-ring (bicyclic) bond motifs is 3. The first-order valence-electron chi connectivity index (χ1n) is 10.4. The van der Waals surface area contributed by atoms with Gasteiger partial charge in [0.15, 0.2) is 17.9 Å². The molecule has 0 aliphatic heterocycles. The highest BCUT2D eigenvalue weighted by Crippen LogP contribution is 2.45. The molecule has 3 fully saturated rings. The minimum atomic E-state index is -0.600. The second-order valence-electron chi connectivity index (χ2n) is 8.30. The zero-order valence-corrected chi connectivity index (χ0v) is 17.8. The number of ether oxygens (including phenoxy) is 1. The van der Waals surface area contributed by atoms with E-state index in [1.807, 2.05) is 0 Å². The topological polar surface area (TPSA) is 97.6 Å². The summed E-state index contributed by atoms with van der Waals surface area (Å²) < 4.78 is 20.4. The fraction of sp³-hybridized carbons (Fsp3) is 0.364. The van der Waals surface area contributed by atoms with Crippen molar-refractivity contribution in [1.82, 2.24) is 25.2 Å². The monoisotopic (exact) mass is 457 g/mol. The van der Waals surface area contributed by atoms with Gasteiger partial charge in [0.1, 0.15) is 11.6 Å². The van der Waals surface area contributed by atoms with Crippen molar-refractivity contribution in [3.8, 4) is 5.75 Å². The van der Waals surface area contributed by atoms with Crippen molar-refractivity contribution in [3.63, 3.8) is 0 Å². The van der Waals surface area contributed by atoms with E-state index in [-0.39, 0.29) is 41.3 Å². The molecule has 2 amide bonds. The average Bonchev–Trinajstić information content (AvgIpc) is 3.18. The maximum absolute atomic E-state index is 13.5. The Bertz CT molecular complexity index is 1150. The highest BCUT2D eigenvalue weighted by Gasteiger charge is 2.47. The molecular formula is C22H21ClFN5O3. The summed E-state index contributed by atoms with van der Waals surface area (Å²) in [6, 6.07) is 7.35. The first-order valence-corrected chi connectivity index (χ1v) is 10.8. The van der Waals surface area contributed by atoms with E-state index in [9.17, 15) is 14.0 Å². The molecule has 3 aromatic rings. The van der Waals surface area contributed by atoms with Crippen LogP contribution in [0.2, 0.25) is 5.02 Å². The molecule has 32 heavy (non-hydrogen) atoms. The number of halogens is 2. The highest BCUT2D eigenvalue weighted by molar-refractivity contribution is 6.30. The third-order valence-electron chi connectivity index (χ3n) is 6.25. The van der Waals surface area contributed by atoms with Crippen LogP contribution in [0.1, 0.15) is 29.8 Å². The zero-order chi connectivity index (χ0) is 22.2. The molecule has 0 saturated heterocycles. The Morgan fingerprint density at radius 2 is 1.94 bits per heavy atom. The average molecular weight is 458 g/mol. The van der Waals surface area contributed by atoms with E-state index in [1.165, 1.54) is 12.1 Å². The SMILES string of the molecule is O=C(COc1ccc(Cl)c(F)c1)NC1C[C@@H](NC(=O)c2cc3ncccn3n2)C2CC1C2. The smallest absolute Gasteiger partial charge is 0.272 e. The maximum atomic E-state index is 13.5. The Hall–Kier alpha value is -3.20. The fourth-order valence-electron chi connectivity index (χ4n) is 4.53. The number of nitrogens with one attached hydrogen (secondary N) is 2. The van der Waals surface area contributed by atoms with Crippen LogP contribution >= 0.6 is 11.6 Å². The molecule has 1 aromatic carbocycles. The maximum Gasteiger partial charge on any atom is 0.272 e. The van der Waals surface area contributed by atoms with Gasteiger partial charge in [0.05, 0.1) is 5.02 Å². The standard InChI is InChI=1S/C22H21ClFN5O3/c23-15-3-2-14(8-16(15)24)32-11-21(30)26-17-9-18(13-6-12(17)7-13)27-22(31)19-10-20-25-4-1-5-29(20)28-19/h1-5,8,10,12-13,17-18H,6-7,9,11H2,(H,26,30)(H,27,31)/t12?,13?,17?,18-/m1/s1. The first-order chi connectivity index (χ1) is 15.5. The van der Waals surface area contributed by atoms with Crippen LogP contribution in [-0.4, -0.2) is 45.1 Å². The van der Waals surface area contributed by atoms with Crippen LogP contribution in [0.4, 0.5) is 4.39 Å². The van der Waals surface area contributed by atoms with Crippen molar-refractivity contribution in [2.75, 3.05) is 6.61 Å². The lowest BCUT2D eigenvalue weighted by atomic mass is 9.60. The normalized spacial score (nSPS) is 23.9. The summed E-state index contributed by atoms with van der Waals surface area (Å²) in [6.07, 6.45) is 5.93. The van der Waals surface area contributed by atoms with E-state index in [4.69, 9.17) is 16.3 Å². The van der Waals surface area contributed by atoms with Gasteiger partial charge in [-0.05, 0) is 49.3 Å². The number of nitrogens with zero attached hydrogens (tertiary/aromatic N) is 3. The van der Waals surface area contributed by atoms with Gasteiger partial charge in [0.2, 0.25) is 0 Å². The lowest BCUT2D eigenvalue weighted by Crippen LogP contribution is -2.60. The van der Waals surface area contributed by atoms with Gasteiger partial charge in [0, 0.05) is 36.6 Å². The predicted octanol–water partition coefficient (Wildman–Crippen LogP) is 2.61. The van der Waals surface area contributed by atoms with Crippen molar-refractivity contribution in [2.45, 2.75) is 31.3 Å². The van der Waals surface area contributed by atoms with E-state index in [2.05, 4.69) is 20.7 Å². The Labute approximate surface area is 188 Å². The molecule has 166 valence electrons. The third-order valence-corrected chi connectivity index (χ3v) is 6.56. The van der Waals surface area contributed by atoms with E-state index in [1.54, 1.807) is 29.0 Å². The lowest BCUT2D eigenvalue weighted by Gasteiger charge is -2.51. The summed E-state index contributed by atoms with van der Waals surface area (Å²) in [4.78, 5) is 29.3. The van der Waals surface area contributed by atoms with Crippen molar-refractivity contribution in [3.05, 3.63) is 59.3 Å². The van der Waals surface area contributed by atoms with Crippen molar-refractivity contribution in [1.29, 1.82) is 0 Å². The Balaban J connectivity index is 1.16. The molecule has 10 heteroatoms. The minimum Gasteiger partial charge on any atom is -0.484 e. The molecule has 2 N–H and O–H groups in total. The Kier molecular flexibility index (Phi) is 5.42. The predicted molar refractivity (Wildman–Crippen MR) is 114 cm³/mol. The number of carbonyl (C=O) groups is 2. The van der Waals surface area contributed by atoms with Crippen molar-refractivity contribution in [2.24, 2.45) is 11.8 Å². The van der Waals surface area contributed by atoms with Gasteiger partial charge in [0.25, 0.3) is 11.8 Å². The van der Waals surface area contributed by atoms with Crippen molar-refractivity contribution >= 4 is 29.1 Å². The molecule has 0 spiro atoms. The molecule has 8 nitrogen and oxygen atoms in total. The van der Waals surface area contributed by atoms with E-state index in [0.717, 1.165) is 18.9 Å². The molecule has 2 bridgehead atoms.